The van der Waals surface area contributed by atoms with Crippen molar-refractivity contribution in [3.63, 3.8) is 0 Å². The Morgan fingerprint density at radius 3 is 2.68 bits per heavy atom. The van der Waals surface area contributed by atoms with Crippen molar-refractivity contribution >= 4 is 11.9 Å². The summed E-state index contributed by atoms with van der Waals surface area (Å²) in [6, 6.07) is 0.0288. The number of rotatable bonds is 6. The summed E-state index contributed by atoms with van der Waals surface area (Å²) >= 11 is 0. The van der Waals surface area contributed by atoms with Gasteiger partial charge in [0.15, 0.2) is 0 Å². The summed E-state index contributed by atoms with van der Waals surface area (Å²) < 4.78 is 0. The fourth-order valence-electron chi connectivity index (χ4n) is 2.46. The largest absolute Gasteiger partial charge is 0.481 e. The molecule has 0 aromatic heterocycles. The predicted octanol–water partition coefficient (Wildman–Crippen LogP) is 1.62. The molecule has 1 fully saturated rings. The summed E-state index contributed by atoms with van der Waals surface area (Å²) in [4.78, 5) is 24.8. The van der Waals surface area contributed by atoms with E-state index >= 15 is 0 Å². The minimum Gasteiger partial charge on any atom is -0.481 e. The smallest absolute Gasteiger partial charge is 0.303 e. The van der Waals surface area contributed by atoms with E-state index in [1.807, 2.05) is 18.7 Å². The third-order valence-corrected chi connectivity index (χ3v) is 3.55. The summed E-state index contributed by atoms with van der Waals surface area (Å²) in [5.41, 5.74) is 0. The van der Waals surface area contributed by atoms with Crippen LogP contribution in [-0.4, -0.2) is 47.1 Å². The lowest BCUT2D eigenvalue weighted by molar-refractivity contribution is -0.139. The molecule has 19 heavy (non-hydrogen) atoms. The number of carbonyl (C=O) groups excluding carboxylic acids is 1. The first-order chi connectivity index (χ1) is 9.02. The molecule has 1 heterocycles. The molecule has 2 N–H and O–H groups in total. The van der Waals surface area contributed by atoms with Gasteiger partial charge in [-0.3, -0.25) is 9.59 Å². The predicted molar refractivity (Wildman–Crippen MR) is 74.0 cm³/mol. The number of carbonyl (C=O) groups is 2. The highest BCUT2D eigenvalue weighted by Crippen LogP contribution is 2.13. The van der Waals surface area contributed by atoms with E-state index in [-0.39, 0.29) is 24.4 Å². The fraction of sp³-hybridized carbons (Fsp3) is 0.857. The van der Waals surface area contributed by atoms with Gasteiger partial charge in [-0.25, -0.2) is 0 Å². The number of amides is 1. The van der Waals surface area contributed by atoms with Crippen LogP contribution in [0.15, 0.2) is 0 Å². The van der Waals surface area contributed by atoms with E-state index in [9.17, 15) is 9.59 Å². The Balaban J connectivity index is 2.53. The molecule has 110 valence electrons. The SMILES string of the molecule is CC(C)N(CCCC(=O)O)C(=O)C1CCCCCN1. The zero-order valence-corrected chi connectivity index (χ0v) is 12.0. The van der Waals surface area contributed by atoms with Crippen molar-refractivity contribution in [3.8, 4) is 0 Å². The Bertz CT molecular complexity index is 297. The fourth-order valence-corrected chi connectivity index (χ4v) is 2.46. The van der Waals surface area contributed by atoms with Crippen molar-refractivity contribution in [1.82, 2.24) is 10.2 Å². The highest BCUT2D eigenvalue weighted by molar-refractivity contribution is 5.82. The maximum atomic E-state index is 12.5. The first kappa shape index (κ1) is 16.0. The van der Waals surface area contributed by atoms with E-state index in [1.54, 1.807) is 0 Å². The van der Waals surface area contributed by atoms with Crippen LogP contribution in [0.25, 0.3) is 0 Å². The maximum Gasteiger partial charge on any atom is 0.303 e. The molecule has 1 aliphatic rings. The first-order valence-electron chi connectivity index (χ1n) is 7.28. The van der Waals surface area contributed by atoms with E-state index in [4.69, 9.17) is 5.11 Å². The molecule has 1 rings (SSSR count). The van der Waals surface area contributed by atoms with Crippen LogP contribution in [0.1, 0.15) is 52.4 Å². The zero-order valence-electron chi connectivity index (χ0n) is 12.0. The van der Waals surface area contributed by atoms with E-state index in [2.05, 4.69) is 5.32 Å². The van der Waals surface area contributed by atoms with E-state index in [0.717, 1.165) is 25.8 Å². The molecule has 0 saturated carbocycles. The average molecular weight is 270 g/mol. The van der Waals surface area contributed by atoms with Gasteiger partial charge >= 0.3 is 5.97 Å². The molecule has 1 saturated heterocycles. The first-order valence-corrected chi connectivity index (χ1v) is 7.28. The lowest BCUT2D eigenvalue weighted by Gasteiger charge is -2.30. The van der Waals surface area contributed by atoms with Gasteiger partial charge in [0.1, 0.15) is 0 Å². The number of nitrogens with one attached hydrogen (secondary N) is 1. The van der Waals surface area contributed by atoms with Crippen molar-refractivity contribution in [2.24, 2.45) is 0 Å². The number of nitrogens with zero attached hydrogens (tertiary/aromatic N) is 1. The molecule has 0 aromatic rings. The molecule has 1 aliphatic heterocycles. The molecular weight excluding hydrogens is 244 g/mol. The van der Waals surface area contributed by atoms with Gasteiger partial charge in [0.2, 0.25) is 5.91 Å². The summed E-state index contributed by atoms with van der Waals surface area (Å²) in [5.74, 6) is -0.675. The minimum absolute atomic E-state index is 0.0882. The second-order valence-electron chi connectivity index (χ2n) is 5.48. The van der Waals surface area contributed by atoms with Crippen molar-refractivity contribution in [2.45, 2.75) is 64.5 Å². The second kappa shape index (κ2) is 8.15. The van der Waals surface area contributed by atoms with E-state index in [0.29, 0.717) is 13.0 Å². The highest BCUT2D eigenvalue weighted by atomic mass is 16.4. The lowest BCUT2D eigenvalue weighted by atomic mass is 10.1. The van der Waals surface area contributed by atoms with E-state index < -0.39 is 5.97 Å². The molecule has 0 aromatic carbocycles. The number of aliphatic carboxylic acids is 1. The van der Waals surface area contributed by atoms with Gasteiger partial charge < -0.3 is 15.3 Å². The van der Waals surface area contributed by atoms with Crippen LogP contribution in [0.2, 0.25) is 0 Å². The summed E-state index contributed by atoms with van der Waals surface area (Å²) in [6.07, 6.45) is 4.92. The maximum absolute atomic E-state index is 12.5. The Labute approximate surface area is 115 Å². The Morgan fingerprint density at radius 1 is 1.32 bits per heavy atom. The lowest BCUT2D eigenvalue weighted by Crippen LogP contribution is -2.49. The van der Waals surface area contributed by atoms with Crippen molar-refractivity contribution in [3.05, 3.63) is 0 Å². The third kappa shape index (κ3) is 5.59. The molecule has 0 aliphatic carbocycles. The Hall–Kier alpha value is -1.10. The normalized spacial score (nSPS) is 20.1. The Kier molecular flexibility index (Phi) is 6.84. The van der Waals surface area contributed by atoms with Gasteiger partial charge in [0, 0.05) is 19.0 Å². The van der Waals surface area contributed by atoms with Gasteiger partial charge in [-0.1, -0.05) is 12.8 Å². The van der Waals surface area contributed by atoms with Gasteiger partial charge in [-0.2, -0.15) is 0 Å². The van der Waals surface area contributed by atoms with Crippen LogP contribution in [0.3, 0.4) is 0 Å². The Morgan fingerprint density at radius 2 is 2.05 bits per heavy atom. The zero-order chi connectivity index (χ0) is 14.3. The van der Waals surface area contributed by atoms with Crippen LogP contribution in [0, 0.1) is 0 Å². The van der Waals surface area contributed by atoms with Gasteiger partial charge in [0.25, 0.3) is 0 Å². The van der Waals surface area contributed by atoms with Gasteiger partial charge in [0.05, 0.1) is 6.04 Å². The minimum atomic E-state index is -0.802. The summed E-state index contributed by atoms with van der Waals surface area (Å²) in [7, 11) is 0. The van der Waals surface area contributed by atoms with Crippen LogP contribution in [-0.2, 0) is 9.59 Å². The summed E-state index contributed by atoms with van der Waals surface area (Å²) in [5, 5.41) is 12.0. The molecule has 1 unspecified atom stereocenters. The average Bonchev–Trinajstić information content (AvgIpc) is 2.61. The number of hydrogen-bond acceptors (Lipinski definition) is 3. The number of hydrogen-bond donors (Lipinski definition) is 2. The highest BCUT2D eigenvalue weighted by Gasteiger charge is 2.26. The number of carboxylic acids is 1. The van der Waals surface area contributed by atoms with Crippen LogP contribution in [0.5, 0.6) is 0 Å². The molecular formula is C14H26N2O3. The molecule has 5 nitrogen and oxygen atoms in total. The monoisotopic (exact) mass is 270 g/mol. The topological polar surface area (TPSA) is 69.6 Å². The molecule has 1 atom stereocenters. The standard InChI is InChI=1S/C14H26N2O3/c1-11(2)16(10-6-8-13(17)18)14(19)12-7-4-3-5-9-15-12/h11-12,15H,3-10H2,1-2H3,(H,17,18). The molecule has 0 bridgehead atoms. The summed E-state index contributed by atoms with van der Waals surface area (Å²) in [6.45, 7) is 5.39. The quantitative estimate of drug-likeness (QED) is 0.769. The van der Waals surface area contributed by atoms with Crippen molar-refractivity contribution < 1.29 is 14.7 Å². The van der Waals surface area contributed by atoms with Gasteiger partial charge in [-0.15, -0.1) is 0 Å². The molecule has 5 heteroatoms. The van der Waals surface area contributed by atoms with Crippen LogP contribution >= 0.6 is 0 Å². The van der Waals surface area contributed by atoms with Gasteiger partial charge in [-0.05, 0) is 39.7 Å². The molecule has 0 spiro atoms. The second-order valence-corrected chi connectivity index (χ2v) is 5.48. The van der Waals surface area contributed by atoms with Crippen molar-refractivity contribution in [1.29, 1.82) is 0 Å². The molecule has 1 amide bonds. The number of carboxylic acid groups (broad SMARTS) is 1. The van der Waals surface area contributed by atoms with Crippen LogP contribution < -0.4 is 5.32 Å². The third-order valence-electron chi connectivity index (χ3n) is 3.55. The van der Waals surface area contributed by atoms with E-state index in [1.165, 1.54) is 6.42 Å². The molecule has 0 radical (unpaired) electrons. The van der Waals surface area contributed by atoms with Crippen LogP contribution in [0.4, 0.5) is 0 Å². The van der Waals surface area contributed by atoms with Crippen molar-refractivity contribution in [2.75, 3.05) is 13.1 Å².